The molecule has 6 heteroatoms. The fourth-order valence-electron chi connectivity index (χ4n) is 1.54. The van der Waals surface area contributed by atoms with Crippen LogP contribution in [0.25, 0.3) is 0 Å². The minimum absolute atomic E-state index is 0.0170. The molecule has 2 N–H and O–H groups in total. The molecule has 0 aliphatic carbocycles. The van der Waals surface area contributed by atoms with Crippen LogP contribution in [0.3, 0.4) is 0 Å². The van der Waals surface area contributed by atoms with Crippen molar-refractivity contribution in [1.29, 1.82) is 0 Å². The molecule has 0 radical (unpaired) electrons. The summed E-state index contributed by atoms with van der Waals surface area (Å²) in [5.74, 6) is 0.595. The van der Waals surface area contributed by atoms with E-state index in [0.29, 0.717) is 5.95 Å². The van der Waals surface area contributed by atoms with Gasteiger partial charge in [-0.25, -0.2) is 0 Å². The monoisotopic (exact) mass is 259 g/mol. The summed E-state index contributed by atoms with van der Waals surface area (Å²) in [6.07, 6.45) is -0.0170. The summed E-state index contributed by atoms with van der Waals surface area (Å²) in [6.45, 7) is 3.81. The first-order chi connectivity index (χ1) is 9.06. The first-order valence-electron chi connectivity index (χ1n) is 6.03. The molecule has 0 atom stereocenters. The number of nitrogens with two attached hydrogens (primary N) is 1. The number of nitrogens with zero attached hydrogens (tertiary/aromatic N) is 4. The van der Waals surface area contributed by atoms with Crippen LogP contribution in [-0.4, -0.2) is 28.1 Å². The smallest absolute Gasteiger partial charge is 0.323 e. The SMILES string of the molecule is CC(C)Oc1nc(N)nc(N(C)c2ccccc2)n1. The Morgan fingerprint density at radius 3 is 2.42 bits per heavy atom. The first-order valence-corrected chi connectivity index (χ1v) is 6.03. The van der Waals surface area contributed by atoms with E-state index in [1.807, 2.05) is 56.1 Å². The summed E-state index contributed by atoms with van der Waals surface area (Å²) >= 11 is 0. The van der Waals surface area contributed by atoms with Crippen molar-refractivity contribution in [2.45, 2.75) is 20.0 Å². The normalized spacial score (nSPS) is 10.5. The summed E-state index contributed by atoms with van der Waals surface area (Å²) in [6, 6.07) is 10.0. The summed E-state index contributed by atoms with van der Waals surface area (Å²) in [5.41, 5.74) is 6.64. The Kier molecular flexibility index (Phi) is 3.79. The lowest BCUT2D eigenvalue weighted by Gasteiger charge is -2.18. The second-order valence-electron chi connectivity index (χ2n) is 4.34. The van der Waals surface area contributed by atoms with E-state index in [-0.39, 0.29) is 18.1 Å². The maximum absolute atomic E-state index is 5.68. The summed E-state index contributed by atoms with van der Waals surface area (Å²) in [4.78, 5) is 14.2. The number of hydrogen-bond acceptors (Lipinski definition) is 6. The number of ether oxygens (including phenoxy) is 1. The lowest BCUT2D eigenvalue weighted by atomic mass is 10.3. The summed E-state index contributed by atoms with van der Waals surface area (Å²) in [5, 5.41) is 0. The fourth-order valence-corrected chi connectivity index (χ4v) is 1.54. The van der Waals surface area contributed by atoms with Gasteiger partial charge < -0.3 is 15.4 Å². The molecule has 1 aromatic heterocycles. The van der Waals surface area contributed by atoms with E-state index >= 15 is 0 Å². The number of benzene rings is 1. The van der Waals surface area contributed by atoms with Crippen LogP contribution in [0.15, 0.2) is 30.3 Å². The van der Waals surface area contributed by atoms with Crippen LogP contribution < -0.4 is 15.4 Å². The number of aromatic nitrogens is 3. The second-order valence-corrected chi connectivity index (χ2v) is 4.34. The molecule has 19 heavy (non-hydrogen) atoms. The maximum atomic E-state index is 5.68. The number of anilines is 3. The zero-order chi connectivity index (χ0) is 13.8. The molecule has 0 spiro atoms. The van der Waals surface area contributed by atoms with Crippen LogP contribution in [0.2, 0.25) is 0 Å². The van der Waals surface area contributed by atoms with E-state index in [0.717, 1.165) is 5.69 Å². The highest BCUT2D eigenvalue weighted by atomic mass is 16.5. The molecule has 0 unspecified atom stereocenters. The number of nitrogen functional groups attached to an aromatic ring is 1. The van der Waals surface area contributed by atoms with E-state index in [1.165, 1.54) is 0 Å². The molecule has 1 heterocycles. The Morgan fingerprint density at radius 1 is 1.11 bits per heavy atom. The molecule has 100 valence electrons. The zero-order valence-electron chi connectivity index (χ0n) is 11.2. The van der Waals surface area contributed by atoms with Crippen LogP contribution in [0.1, 0.15) is 13.8 Å². The molecular weight excluding hydrogens is 242 g/mol. The highest BCUT2D eigenvalue weighted by Crippen LogP contribution is 2.21. The third-order valence-electron chi connectivity index (χ3n) is 2.40. The van der Waals surface area contributed by atoms with Gasteiger partial charge in [-0.15, -0.1) is 0 Å². The third-order valence-corrected chi connectivity index (χ3v) is 2.40. The van der Waals surface area contributed by atoms with Gasteiger partial charge in [-0.2, -0.15) is 15.0 Å². The van der Waals surface area contributed by atoms with Crippen molar-refractivity contribution in [2.24, 2.45) is 0 Å². The topological polar surface area (TPSA) is 77.2 Å². The van der Waals surface area contributed by atoms with Gasteiger partial charge in [-0.1, -0.05) is 18.2 Å². The van der Waals surface area contributed by atoms with Crippen LogP contribution >= 0.6 is 0 Å². The Balaban J connectivity index is 2.31. The van der Waals surface area contributed by atoms with Crippen molar-refractivity contribution < 1.29 is 4.74 Å². The van der Waals surface area contributed by atoms with Crippen LogP contribution in [0.5, 0.6) is 6.01 Å². The largest absolute Gasteiger partial charge is 0.461 e. The molecule has 0 bridgehead atoms. The number of rotatable bonds is 4. The zero-order valence-corrected chi connectivity index (χ0v) is 11.2. The maximum Gasteiger partial charge on any atom is 0.323 e. The van der Waals surface area contributed by atoms with Gasteiger partial charge in [0.05, 0.1) is 6.10 Å². The standard InChI is InChI=1S/C13H17N5O/c1-9(2)19-13-16-11(14)15-12(17-13)18(3)10-7-5-4-6-8-10/h4-9H,1-3H3,(H2,14,15,16,17). The molecule has 2 aromatic rings. The van der Waals surface area contributed by atoms with Crippen LogP contribution in [0, 0.1) is 0 Å². The quantitative estimate of drug-likeness (QED) is 0.905. The average molecular weight is 259 g/mol. The van der Waals surface area contributed by atoms with E-state index in [4.69, 9.17) is 10.5 Å². The summed E-state index contributed by atoms with van der Waals surface area (Å²) in [7, 11) is 1.86. The summed E-state index contributed by atoms with van der Waals surface area (Å²) < 4.78 is 5.45. The van der Waals surface area contributed by atoms with E-state index in [2.05, 4.69) is 15.0 Å². The van der Waals surface area contributed by atoms with Gasteiger partial charge in [0.1, 0.15) is 0 Å². The molecule has 0 amide bonds. The molecule has 2 rings (SSSR count). The molecule has 0 saturated carbocycles. The van der Waals surface area contributed by atoms with Gasteiger partial charge in [0.2, 0.25) is 11.9 Å². The van der Waals surface area contributed by atoms with Crippen molar-refractivity contribution in [1.82, 2.24) is 15.0 Å². The highest BCUT2D eigenvalue weighted by Gasteiger charge is 2.12. The van der Waals surface area contributed by atoms with Crippen molar-refractivity contribution in [3.63, 3.8) is 0 Å². The fraction of sp³-hybridized carbons (Fsp3) is 0.308. The van der Waals surface area contributed by atoms with Crippen molar-refractivity contribution in [3.05, 3.63) is 30.3 Å². The molecule has 6 nitrogen and oxygen atoms in total. The lowest BCUT2D eigenvalue weighted by molar-refractivity contribution is 0.222. The third kappa shape index (κ3) is 3.31. The van der Waals surface area contributed by atoms with Gasteiger partial charge in [-0.3, -0.25) is 0 Å². The molecule has 0 aliphatic rings. The first kappa shape index (κ1) is 13.1. The van der Waals surface area contributed by atoms with Gasteiger partial charge in [0.25, 0.3) is 0 Å². The van der Waals surface area contributed by atoms with Crippen molar-refractivity contribution >= 4 is 17.6 Å². The second kappa shape index (κ2) is 5.51. The molecule has 1 aromatic carbocycles. The van der Waals surface area contributed by atoms with Crippen molar-refractivity contribution in [2.75, 3.05) is 17.7 Å². The van der Waals surface area contributed by atoms with Gasteiger partial charge in [-0.05, 0) is 26.0 Å². The van der Waals surface area contributed by atoms with Gasteiger partial charge in [0.15, 0.2) is 0 Å². The van der Waals surface area contributed by atoms with E-state index in [1.54, 1.807) is 0 Å². The molecule has 0 aliphatic heterocycles. The van der Waals surface area contributed by atoms with Gasteiger partial charge in [0, 0.05) is 12.7 Å². The predicted octanol–water partition coefficient (Wildman–Crippen LogP) is 2.01. The molecule has 0 fully saturated rings. The molecule has 0 saturated heterocycles. The molecular formula is C13H17N5O. The van der Waals surface area contributed by atoms with E-state index in [9.17, 15) is 0 Å². The van der Waals surface area contributed by atoms with Crippen molar-refractivity contribution in [3.8, 4) is 6.01 Å². The predicted molar refractivity (Wildman–Crippen MR) is 74.5 cm³/mol. The minimum Gasteiger partial charge on any atom is -0.461 e. The number of hydrogen-bond donors (Lipinski definition) is 1. The highest BCUT2D eigenvalue weighted by molar-refractivity contribution is 5.56. The average Bonchev–Trinajstić information content (AvgIpc) is 2.37. The number of para-hydroxylation sites is 1. The Morgan fingerprint density at radius 2 is 1.79 bits per heavy atom. The Labute approximate surface area is 112 Å². The minimum atomic E-state index is -0.0170. The van der Waals surface area contributed by atoms with Crippen LogP contribution in [-0.2, 0) is 0 Å². The van der Waals surface area contributed by atoms with E-state index < -0.39 is 0 Å². The Hall–Kier alpha value is -2.37. The Bertz CT molecular complexity index is 544. The lowest BCUT2D eigenvalue weighted by Crippen LogP contribution is -2.17. The van der Waals surface area contributed by atoms with Crippen LogP contribution in [0.4, 0.5) is 17.6 Å². The van der Waals surface area contributed by atoms with Gasteiger partial charge >= 0.3 is 6.01 Å².